The molecule has 2 fully saturated rings. The average Bonchev–Trinajstić information content (AvgIpc) is 3.37. The zero-order valence-corrected chi connectivity index (χ0v) is 22.0. The number of carbonyl (C=O) groups excluding carboxylic acids is 1. The number of carbonyl (C=O) groups is 1. The molecule has 2 N–H and O–H groups in total. The van der Waals surface area contributed by atoms with Crippen LogP contribution in [-0.2, 0) is 9.53 Å². The lowest BCUT2D eigenvalue weighted by atomic mass is 9.86. The van der Waals surface area contributed by atoms with Crippen LogP contribution in [0.5, 0.6) is 11.6 Å². The van der Waals surface area contributed by atoms with Crippen LogP contribution in [0.3, 0.4) is 0 Å². The van der Waals surface area contributed by atoms with E-state index in [0.29, 0.717) is 60.5 Å². The molecule has 40 heavy (non-hydrogen) atoms. The Balaban J connectivity index is 1.29. The van der Waals surface area contributed by atoms with Gasteiger partial charge in [-0.15, -0.1) is 0 Å². The quantitative estimate of drug-likeness (QED) is 0.286. The third-order valence-electron chi connectivity index (χ3n) is 7.23. The number of nitriles is 1. The predicted octanol–water partition coefficient (Wildman–Crippen LogP) is 3.91. The van der Waals surface area contributed by atoms with Gasteiger partial charge in [0.25, 0.3) is 5.91 Å². The normalized spacial score (nSPS) is 18.6. The van der Waals surface area contributed by atoms with Crippen LogP contribution >= 0.6 is 0 Å². The van der Waals surface area contributed by atoms with Crippen molar-refractivity contribution >= 4 is 22.8 Å². The molecule has 0 radical (unpaired) electrons. The van der Waals surface area contributed by atoms with Crippen molar-refractivity contribution in [3.63, 3.8) is 0 Å². The van der Waals surface area contributed by atoms with Crippen LogP contribution in [0.2, 0.25) is 0 Å². The number of anilines is 1. The summed E-state index contributed by atoms with van der Waals surface area (Å²) < 4.78 is 12.9. The first-order valence-electron chi connectivity index (χ1n) is 13.1. The predicted molar refractivity (Wildman–Crippen MR) is 147 cm³/mol. The summed E-state index contributed by atoms with van der Waals surface area (Å²) in [6.07, 6.45) is 6.40. The summed E-state index contributed by atoms with van der Waals surface area (Å²) >= 11 is 0. The molecule has 1 amide bonds. The summed E-state index contributed by atoms with van der Waals surface area (Å²) in [7, 11) is 0. The summed E-state index contributed by atoms with van der Waals surface area (Å²) in [5.74, 6) is 1.18. The topological polar surface area (TPSA) is 145 Å². The van der Waals surface area contributed by atoms with Gasteiger partial charge in [-0.25, -0.2) is 19.6 Å². The van der Waals surface area contributed by atoms with Gasteiger partial charge >= 0.3 is 0 Å². The van der Waals surface area contributed by atoms with Crippen LogP contribution in [0.1, 0.15) is 25.8 Å². The second-order valence-corrected chi connectivity index (χ2v) is 10.4. The first-order chi connectivity index (χ1) is 19.4. The van der Waals surface area contributed by atoms with E-state index in [9.17, 15) is 10.1 Å². The van der Waals surface area contributed by atoms with Gasteiger partial charge in [0.15, 0.2) is 5.65 Å². The van der Waals surface area contributed by atoms with Crippen LogP contribution < -0.4 is 10.5 Å². The maximum atomic E-state index is 13.3. The van der Waals surface area contributed by atoms with Crippen molar-refractivity contribution in [1.82, 2.24) is 29.6 Å². The highest BCUT2D eigenvalue weighted by Crippen LogP contribution is 2.35. The minimum Gasteiger partial charge on any atom is -0.439 e. The lowest BCUT2D eigenvalue weighted by Gasteiger charge is -2.36. The molecule has 11 nitrogen and oxygen atoms in total. The van der Waals surface area contributed by atoms with Gasteiger partial charge in [0.05, 0.1) is 24.6 Å². The number of fused-ring (bicyclic) bond motifs is 1. The van der Waals surface area contributed by atoms with Crippen molar-refractivity contribution in [2.24, 2.45) is 5.41 Å². The number of nitrogen functional groups attached to an aromatic ring is 1. The van der Waals surface area contributed by atoms with Gasteiger partial charge in [0.2, 0.25) is 5.88 Å². The number of amides is 1. The Kier molecular flexibility index (Phi) is 6.61. The molecule has 0 spiro atoms. The van der Waals surface area contributed by atoms with Crippen molar-refractivity contribution in [2.45, 2.75) is 25.8 Å². The third-order valence-corrected chi connectivity index (χ3v) is 7.23. The van der Waals surface area contributed by atoms with Gasteiger partial charge in [-0.2, -0.15) is 10.4 Å². The van der Waals surface area contributed by atoms with E-state index in [1.807, 2.05) is 48.0 Å². The van der Waals surface area contributed by atoms with Crippen molar-refractivity contribution in [1.29, 1.82) is 5.26 Å². The lowest BCUT2D eigenvalue weighted by Crippen LogP contribution is -2.43. The minimum absolute atomic E-state index is 0.146. The largest absolute Gasteiger partial charge is 0.439 e. The Morgan fingerprint density at radius 3 is 2.73 bits per heavy atom. The van der Waals surface area contributed by atoms with Crippen LogP contribution in [0.25, 0.3) is 22.3 Å². The summed E-state index contributed by atoms with van der Waals surface area (Å²) in [6, 6.07) is 15.0. The molecular formula is C29H28N8O3. The van der Waals surface area contributed by atoms with E-state index in [4.69, 9.17) is 20.3 Å². The second kappa shape index (κ2) is 10.4. The number of nitrogens with zero attached hydrogens (tertiary/aromatic N) is 7. The van der Waals surface area contributed by atoms with Gasteiger partial charge in [0.1, 0.15) is 35.2 Å². The summed E-state index contributed by atoms with van der Waals surface area (Å²) in [5.41, 5.74) is 8.10. The van der Waals surface area contributed by atoms with Crippen molar-refractivity contribution in [3.05, 3.63) is 66.6 Å². The molecule has 6 rings (SSSR count). The molecule has 1 aromatic carbocycles. The number of hydrogen-bond donors (Lipinski definition) is 1. The van der Waals surface area contributed by atoms with Crippen LogP contribution in [0, 0.1) is 16.7 Å². The fourth-order valence-corrected chi connectivity index (χ4v) is 5.15. The molecule has 202 valence electrons. The van der Waals surface area contributed by atoms with Crippen LogP contribution in [0.15, 0.2) is 66.6 Å². The highest BCUT2D eigenvalue weighted by atomic mass is 16.5. The number of pyridine rings is 1. The zero-order chi connectivity index (χ0) is 27.7. The van der Waals surface area contributed by atoms with E-state index < -0.39 is 0 Å². The van der Waals surface area contributed by atoms with Gasteiger partial charge in [-0.3, -0.25) is 4.79 Å². The van der Waals surface area contributed by atoms with Gasteiger partial charge in [0, 0.05) is 36.3 Å². The number of hydrogen-bond acceptors (Lipinski definition) is 9. The SMILES string of the molecule is CC1(C=C(C#N)C(=O)N2CCC[C@@H](n3nc(-c4ccc(Oc5ccccc5)nc4)c4c(N)ncnc43)C2)COC1. The molecule has 0 saturated carbocycles. The lowest BCUT2D eigenvalue weighted by molar-refractivity contribution is -0.128. The molecule has 2 saturated heterocycles. The van der Waals surface area contributed by atoms with E-state index in [1.165, 1.54) is 6.33 Å². The Morgan fingerprint density at radius 1 is 1.20 bits per heavy atom. The first-order valence-corrected chi connectivity index (χ1v) is 13.1. The fourth-order valence-electron chi connectivity index (χ4n) is 5.15. The van der Waals surface area contributed by atoms with E-state index in [-0.39, 0.29) is 22.9 Å². The molecule has 4 aromatic rings. The maximum Gasteiger partial charge on any atom is 0.264 e. The van der Waals surface area contributed by atoms with Crippen LogP contribution in [-0.4, -0.2) is 61.8 Å². The van der Waals surface area contributed by atoms with Crippen LogP contribution in [0.4, 0.5) is 5.82 Å². The van der Waals surface area contributed by atoms with E-state index in [1.54, 1.807) is 23.2 Å². The highest BCUT2D eigenvalue weighted by Gasteiger charge is 2.35. The molecule has 1 atom stereocenters. The minimum atomic E-state index is -0.285. The number of piperidine rings is 1. The number of rotatable bonds is 6. The van der Waals surface area contributed by atoms with E-state index in [0.717, 1.165) is 18.4 Å². The van der Waals surface area contributed by atoms with Gasteiger partial charge in [-0.1, -0.05) is 31.2 Å². The zero-order valence-electron chi connectivity index (χ0n) is 22.0. The van der Waals surface area contributed by atoms with Gasteiger partial charge in [-0.05, 0) is 31.0 Å². The van der Waals surface area contributed by atoms with E-state index in [2.05, 4.69) is 21.0 Å². The van der Waals surface area contributed by atoms with Crippen molar-refractivity contribution in [3.8, 4) is 29.0 Å². The Hall–Kier alpha value is -4.82. The third kappa shape index (κ3) is 4.85. The fraction of sp³-hybridized carbons (Fsp3) is 0.310. The number of para-hydroxylation sites is 1. The monoisotopic (exact) mass is 536 g/mol. The average molecular weight is 537 g/mol. The molecule has 2 aliphatic rings. The highest BCUT2D eigenvalue weighted by molar-refractivity contribution is 5.99. The number of likely N-dealkylation sites (tertiary alicyclic amines) is 1. The summed E-state index contributed by atoms with van der Waals surface area (Å²) in [4.78, 5) is 28.2. The Bertz CT molecular complexity index is 1620. The van der Waals surface area contributed by atoms with Gasteiger partial charge < -0.3 is 20.1 Å². The smallest absolute Gasteiger partial charge is 0.264 e. The molecule has 0 unspecified atom stereocenters. The molecule has 2 aliphatic heterocycles. The molecule has 5 heterocycles. The Morgan fingerprint density at radius 2 is 2.02 bits per heavy atom. The summed E-state index contributed by atoms with van der Waals surface area (Å²) in [5, 5.41) is 15.3. The second-order valence-electron chi connectivity index (χ2n) is 10.4. The number of benzene rings is 1. The maximum absolute atomic E-state index is 13.3. The Labute approximate surface area is 230 Å². The van der Waals surface area contributed by atoms with Crippen molar-refractivity contribution < 1.29 is 14.3 Å². The number of nitrogens with two attached hydrogens (primary N) is 1. The standard InChI is InChI=1S/C29H28N8O3/c1-29(16-39-17-29)12-20(13-30)28(38)36-11-5-6-21(15-36)37-27-24(26(31)33-18-34-27)25(35-37)19-9-10-23(32-14-19)40-22-7-3-2-4-8-22/h2-4,7-10,12,14,18,21H,5-6,11,15-17H2,1H3,(H2,31,33,34)/t21-/m1/s1. The van der Waals surface area contributed by atoms with Crippen molar-refractivity contribution in [2.75, 3.05) is 32.0 Å². The molecule has 3 aromatic heterocycles. The molecule has 0 aliphatic carbocycles. The molecule has 11 heteroatoms. The molecular weight excluding hydrogens is 508 g/mol. The number of ether oxygens (including phenoxy) is 2. The summed E-state index contributed by atoms with van der Waals surface area (Å²) in [6.45, 7) is 3.96. The molecule has 0 bridgehead atoms. The number of aromatic nitrogens is 5. The van der Waals surface area contributed by atoms with E-state index >= 15 is 0 Å². The first kappa shape index (κ1) is 25.5.